The van der Waals surface area contributed by atoms with E-state index in [4.69, 9.17) is 5.73 Å². The Morgan fingerprint density at radius 1 is 1.35 bits per heavy atom. The maximum atomic E-state index is 13.0. The lowest BCUT2D eigenvalue weighted by Gasteiger charge is -2.18. The first-order valence-electron chi connectivity index (χ1n) is 5.53. The lowest BCUT2D eigenvalue weighted by molar-refractivity contribution is 0.201. The number of anilines is 2. The predicted molar refractivity (Wildman–Crippen MR) is 76.5 cm³/mol. The zero-order chi connectivity index (χ0) is 13.8. The van der Waals surface area contributed by atoms with Gasteiger partial charge in [-0.1, -0.05) is 30.3 Å². The van der Waals surface area contributed by atoms with E-state index in [1.165, 1.54) is 6.07 Å². The van der Waals surface area contributed by atoms with Crippen LogP contribution in [0.15, 0.2) is 42.6 Å². The fraction of sp³-hybridized carbons (Fsp3) is 0.0769. The molecule has 7 heteroatoms. The SMILES string of the molecule is Cl.Nc1cc(N(Cc2ccccc2)C(=O)O)ncc1F. The molecule has 0 fully saturated rings. The van der Waals surface area contributed by atoms with Crippen LogP contribution in [0.5, 0.6) is 0 Å². The van der Waals surface area contributed by atoms with E-state index in [2.05, 4.69) is 4.98 Å². The third-order valence-corrected chi connectivity index (χ3v) is 2.56. The Labute approximate surface area is 121 Å². The quantitative estimate of drug-likeness (QED) is 0.913. The molecule has 1 aromatic carbocycles. The lowest BCUT2D eigenvalue weighted by atomic mass is 10.2. The molecule has 20 heavy (non-hydrogen) atoms. The van der Waals surface area contributed by atoms with Gasteiger partial charge in [0.05, 0.1) is 18.4 Å². The van der Waals surface area contributed by atoms with Crippen LogP contribution in [-0.2, 0) is 6.54 Å². The Bertz CT molecular complexity index is 595. The molecule has 5 nitrogen and oxygen atoms in total. The number of carbonyl (C=O) groups is 1. The summed E-state index contributed by atoms with van der Waals surface area (Å²) >= 11 is 0. The Hall–Kier alpha value is -2.34. The Balaban J connectivity index is 0.00000200. The zero-order valence-corrected chi connectivity index (χ0v) is 11.2. The number of rotatable bonds is 3. The molecule has 1 aromatic heterocycles. The van der Waals surface area contributed by atoms with Crippen molar-refractivity contribution in [1.82, 2.24) is 4.98 Å². The number of nitrogen functional groups attached to an aromatic ring is 1. The summed E-state index contributed by atoms with van der Waals surface area (Å²) in [6.07, 6.45) is -0.270. The first kappa shape index (κ1) is 15.7. The first-order valence-corrected chi connectivity index (χ1v) is 5.53. The van der Waals surface area contributed by atoms with Crippen LogP contribution >= 0.6 is 12.4 Å². The van der Waals surface area contributed by atoms with Crippen LogP contribution in [-0.4, -0.2) is 16.2 Å². The van der Waals surface area contributed by atoms with Crippen LogP contribution in [0, 0.1) is 5.82 Å². The van der Waals surface area contributed by atoms with Crippen molar-refractivity contribution in [1.29, 1.82) is 0 Å². The molecule has 0 saturated heterocycles. The van der Waals surface area contributed by atoms with Crippen LogP contribution in [0.25, 0.3) is 0 Å². The molecular formula is C13H13ClFN3O2. The van der Waals surface area contributed by atoms with Gasteiger partial charge in [0.15, 0.2) is 5.82 Å². The molecule has 0 bridgehead atoms. The molecular weight excluding hydrogens is 285 g/mol. The van der Waals surface area contributed by atoms with Crippen molar-refractivity contribution in [2.24, 2.45) is 0 Å². The number of aromatic nitrogens is 1. The lowest BCUT2D eigenvalue weighted by Crippen LogP contribution is -2.29. The van der Waals surface area contributed by atoms with Gasteiger partial charge in [0, 0.05) is 6.07 Å². The minimum absolute atomic E-state index is 0. The van der Waals surface area contributed by atoms with Gasteiger partial charge in [0.25, 0.3) is 0 Å². The summed E-state index contributed by atoms with van der Waals surface area (Å²) in [5, 5.41) is 9.20. The van der Waals surface area contributed by atoms with Gasteiger partial charge in [0.1, 0.15) is 5.82 Å². The van der Waals surface area contributed by atoms with E-state index < -0.39 is 11.9 Å². The average Bonchev–Trinajstić information content (AvgIpc) is 2.40. The topological polar surface area (TPSA) is 79.5 Å². The second kappa shape index (κ2) is 6.72. The fourth-order valence-electron chi connectivity index (χ4n) is 1.60. The van der Waals surface area contributed by atoms with E-state index in [1.807, 2.05) is 18.2 Å². The zero-order valence-electron chi connectivity index (χ0n) is 10.4. The van der Waals surface area contributed by atoms with Crippen LogP contribution in [0.4, 0.5) is 20.7 Å². The summed E-state index contributed by atoms with van der Waals surface area (Å²) in [7, 11) is 0. The van der Waals surface area contributed by atoms with Gasteiger partial charge < -0.3 is 10.8 Å². The Kier molecular flexibility index (Phi) is 5.28. The van der Waals surface area contributed by atoms with E-state index in [-0.39, 0.29) is 30.5 Å². The number of nitrogens with two attached hydrogens (primary N) is 1. The van der Waals surface area contributed by atoms with Crippen molar-refractivity contribution in [3.63, 3.8) is 0 Å². The third kappa shape index (κ3) is 3.58. The van der Waals surface area contributed by atoms with Gasteiger partial charge in [-0.05, 0) is 5.56 Å². The molecule has 3 N–H and O–H groups in total. The second-order valence-corrected chi connectivity index (χ2v) is 3.92. The molecule has 106 valence electrons. The Morgan fingerprint density at radius 3 is 2.55 bits per heavy atom. The normalized spacial score (nSPS) is 9.65. The van der Waals surface area contributed by atoms with Crippen LogP contribution in [0.2, 0.25) is 0 Å². The van der Waals surface area contributed by atoms with Gasteiger partial charge in [-0.25, -0.2) is 14.2 Å². The molecule has 0 aliphatic rings. The number of nitrogens with zero attached hydrogens (tertiary/aromatic N) is 2. The number of hydrogen-bond acceptors (Lipinski definition) is 3. The van der Waals surface area contributed by atoms with Gasteiger partial charge >= 0.3 is 6.09 Å². The second-order valence-electron chi connectivity index (χ2n) is 3.92. The van der Waals surface area contributed by atoms with E-state index in [9.17, 15) is 14.3 Å². The number of pyridine rings is 1. The molecule has 0 saturated carbocycles. The summed E-state index contributed by atoms with van der Waals surface area (Å²) in [4.78, 5) is 16.0. The van der Waals surface area contributed by atoms with Crippen molar-refractivity contribution in [2.75, 3.05) is 10.6 Å². The molecule has 0 spiro atoms. The highest BCUT2D eigenvalue weighted by Gasteiger charge is 2.17. The van der Waals surface area contributed by atoms with Crippen molar-refractivity contribution < 1.29 is 14.3 Å². The fourth-order valence-corrected chi connectivity index (χ4v) is 1.60. The van der Waals surface area contributed by atoms with Crippen molar-refractivity contribution in [2.45, 2.75) is 6.54 Å². The molecule has 1 heterocycles. The summed E-state index contributed by atoms with van der Waals surface area (Å²) < 4.78 is 13.0. The van der Waals surface area contributed by atoms with E-state index in [0.29, 0.717) is 0 Å². The highest BCUT2D eigenvalue weighted by Crippen LogP contribution is 2.19. The molecule has 0 aliphatic heterocycles. The molecule has 2 aromatic rings. The third-order valence-electron chi connectivity index (χ3n) is 2.56. The standard InChI is InChI=1S/C13H12FN3O2.ClH/c14-10-7-16-12(6-11(10)15)17(13(18)19)8-9-4-2-1-3-5-9;/h1-7H,8H2,(H2,15,16)(H,18,19);1H. The van der Waals surface area contributed by atoms with Gasteiger partial charge in [0.2, 0.25) is 0 Å². The largest absolute Gasteiger partial charge is 0.465 e. The summed E-state index contributed by atoms with van der Waals surface area (Å²) in [5.41, 5.74) is 6.08. The van der Waals surface area contributed by atoms with Crippen LogP contribution in [0.3, 0.4) is 0 Å². The van der Waals surface area contributed by atoms with Crippen LogP contribution < -0.4 is 10.6 Å². The number of benzene rings is 1. The first-order chi connectivity index (χ1) is 9.08. The van der Waals surface area contributed by atoms with Gasteiger partial charge in [-0.3, -0.25) is 4.90 Å². The number of hydrogen-bond donors (Lipinski definition) is 2. The summed E-state index contributed by atoms with van der Waals surface area (Å²) in [6.45, 7) is 0.119. The molecule has 0 radical (unpaired) electrons. The minimum atomic E-state index is -1.18. The maximum absolute atomic E-state index is 13.0. The van der Waals surface area contributed by atoms with E-state index in [1.54, 1.807) is 12.1 Å². The summed E-state index contributed by atoms with van der Waals surface area (Å²) in [6, 6.07) is 10.2. The average molecular weight is 298 g/mol. The molecule has 1 amide bonds. The Morgan fingerprint density at radius 2 is 2.00 bits per heavy atom. The molecule has 0 aliphatic carbocycles. The summed E-state index contributed by atoms with van der Waals surface area (Å²) in [5.74, 6) is -0.580. The molecule has 2 rings (SSSR count). The smallest absolute Gasteiger partial charge is 0.413 e. The van der Waals surface area contributed by atoms with Crippen molar-refractivity contribution in [3.8, 4) is 0 Å². The van der Waals surface area contributed by atoms with E-state index >= 15 is 0 Å². The van der Waals surface area contributed by atoms with Crippen molar-refractivity contribution >= 4 is 30.0 Å². The highest BCUT2D eigenvalue weighted by atomic mass is 35.5. The van der Waals surface area contributed by atoms with Crippen LogP contribution in [0.1, 0.15) is 5.56 Å². The van der Waals surface area contributed by atoms with Crippen molar-refractivity contribution in [3.05, 3.63) is 54.0 Å². The highest BCUT2D eigenvalue weighted by molar-refractivity contribution is 5.85. The van der Waals surface area contributed by atoms with Gasteiger partial charge in [-0.15, -0.1) is 12.4 Å². The maximum Gasteiger partial charge on any atom is 0.413 e. The number of amides is 1. The number of carboxylic acid groups (broad SMARTS) is 1. The van der Waals surface area contributed by atoms with E-state index in [0.717, 1.165) is 16.7 Å². The minimum Gasteiger partial charge on any atom is -0.465 e. The van der Waals surface area contributed by atoms with Gasteiger partial charge in [-0.2, -0.15) is 0 Å². The number of halogens is 2. The molecule has 0 atom stereocenters. The predicted octanol–water partition coefficient (Wildman–Crippen LogP) is 2.91. The monoisotopic (exact) mass is 297 g/mol. The molecule has 0 unspecified atom stereocenters.